The van der Waals surface area contributed by atoms with Crippen LogP contribution in [0, 0.1) is 10.1 Å². The molecule has 166 valence electrons. The molecule has 2 fully saturated rings. The summed E-state index contributed by atoms with van der Waals surface area (Å²) in [6, 6.07) is 7.65. The van der Waals surface area contributed by atoms with Gasteiger partial charge in [0.25, 0.3) is 5.69 Å². The Hall–Kier alpha value is -2.47. The highest BCUT2D eigenvalue weighted by molar-refractivity contribution is 7.89. The van der Waals surface area contributed by atoms with Gasteiger partial charge in [-0.05, 0) is 24.3 Å². The first-order chi connectivity index (χ1) is 14.9. The number of nitro groups is 1. The minimum atomic E-state index is -3.82. The fourth-order valence-electron chi connectivity index (χ4n) is 3.78. The van der Waals surface area contributed by atoms with E-state index in [4.69, 9.17) is 16.3 Å². The zero-order valence-corrected chi connectivity index (χ0v) is 18.3. The molecule has 12 heteroatoms. The predicted molar refractivity (Wildman–Crippen MR) is 116 cm³/mol. The van der Waals surface area contributed by atoms with E-state index in [2.05, 4.69) is 4.98 Å². The average Bonchev–Trinajstić information content (AvgIpc) is 2.80. The van der Waals surface area contributed by atoms with Crippen molar-refractivity contribution in [2.45, 2.75) is 4.90 Å². The number of benzene rings is 1. The first kappa shape index (κ1) is 21.8. The van der Waals surface area contributed by atoms with E-state index in [1.807, 2.05) is 9.80 Å². The van der Waals surface area contributed by atoms with Crippen molar-refractivity contribution >= 4 is 38.8 Å². The number of nitrogens with zero attached hydrogens (tertiary/aromatic N) is 5. The van der Waals surface area contributed by atoms with Crippen molar-refractivity contribution in [3.63, 3.8) is 0 Å². The summed E-state index contributed by atoms with van der Waals surface area (Å²) in [6.45, 7) is 3.29. The van der Waals surface area contributed by atoms with Crippen LogP contribution in [0.5, 0.6) is 0 Å². The molecular formula is C19H22ClN5O5S. The number of ether oxygens (including phenoxy) is 1. The van der Waals surface area contributed by atoms with E-state index in [-0.39, 0.29) is 23.7 Å². The third-order valence-corrected chi connectivity index (χ3v) is 7.60. The average molecular weight is 468 g/mol. The summed E-state index contributed by atoms with van der Waals surface area (Å²) in [7, 11) is -3.82. The Bertz CT molecular complexity index is 1070. The molecule has 0 unspecified atom stereocenters. The molecule has 0 bridgehead atoms. The smallest absolute Gasteiger partial charge is 0.293 e. The van der Waals surface area contributed by atoms with Gasteiger partial charge in [-0.2, -0.15) is 4.31 Å². The second-order valence-electron chi connectivity index (χ2n) is 7.21. The molecule has 31 heavy (non-hydrogen) atoms. The first-order valence-electron chi connectivity index (χ1n) is 9.84. The molecule has 2 aromatic rings. The summed E-state index contributed by atoms with van der Waals surface area (Å²) in [5.74, 6) is 0.685. The topological polar surface area (TPSA) is 109 Å². The Labute approximate surface area is 185 Å². The van der Waals surface area contributed by atoms with Crippen molar-refractivity contribution in [1.29, 1.82) is 0 Å². The number of hydrogen-bond donors (Lipinski definition) is 0. The molecule has 0 radical (unpaired) electrons. The summed E-state index contributed by atoms with van der Waals surface area (Å²) in [4.78, 5) is 19.4. The van der Waals surface area contributed by atoms with Crippen LogP contribution in [-0.2, 0) is 14.8 Å². The van der Waals surface area contributed by atoms with Crippen molar-refractivity contribution in [1.82, 2.24) is 9.29 Å². The number of sulfonamides is 1. The third kappa shape index (κ3) is 4.45. The van der Waals surface area contributed by atoms with Crippen LogP contribution >= 0.6 is 11.6 Å². The maximum absolute atomic E-state index is 12.9. The van der Waals surface area contributed by atoms with Crippen LogP contribution < -0.4 is 9.80 Å². The van der Waals surface area contributed by atoms with Crippen molar-refractivity contribution in [3.05, 3.63) is 51.7 Å². The zero-order valence-electron chi connectivity index (χ0n) is 16.7. The van der Waals surface area contributed by atoms with Gasteiger partial charge in [-0.1, -0.05) is 11.6 Å². The molecule has 0 spiro atoms. The van der Waals surface area contributed by atoms with Gasteiger partial charge in [0.1, 0.15) is 11.5 Å². The number of hydrogen-bond acceptors (Lipinski definition) is 8. The maximum atomic E-state index is 12.9. The first-order valence-corrected chi connectivity index (χ1v) is 11.7. The molecule has 2 aliphatic heterocycles. The third-order valence-electron chi connectivity index (χ3n) is 5.41. The van der Waals surface area contributed by atoms with Gasteiger partial charge in [-0.3, -0.25) is 10.1 Å². The highest BCUT2D eigenvalue weighted by Crippen LogP contribution is 2.33. The van der Waals surface area contributed by atoms with Crippen molar-refractivity contribution < 1.29 is 18.1 Å². The number of rotatable bonds is 5. The molecule has 0 atom stereocenters. The van der Waals surface area contributed by atoms with Crippen LogP contribution in [0.1, 0.15) is 0 Å². The lowest BCUT2D eigenvalue weighted by atomic mass is 10.2. The fourth-order valence-corrected chi connectivity index (χ4v) is 5.45. The van der Waals surface area contributed by atoms with Crippen molar-refractivity contribution in [2.75, 3.05) is 62.3 Å². The number of halogens is 1. The molecule has 0 amide bonds. The van der Waals surface area contributed by atoms with Gasteiger partial charge in [0.15, 0.2) is 0 Å². The maximum Gasteiger partial charge on any atom is 0.293 e. The van der Waals surface area contributed by atoms with E-state index < -0.39 is 14.9 Å². The minimum Gasteiger partial charge on any atom is -0.379 e. The second-order valence-corrected chi connectivity index (χ2v) is 9.55. The fraction of sp³-hybridized carbons (Fsp3) is 0.421. The molecule has 1 aromatic heterocycles. The molecular weight excluding hydrogens is 446 g/mol. The van der Waals surface area contributed by atoms with Gasteiger partial charge in [0.05, 0.1) is 28.1 Å². The number of morpholine rings is 1. The van der Waals surface area contributed by atoms with Crippen LogP contribution in [0.25, 0.3) is 0 Å². The summed E-state index contributed by atoms with van der Waals surface area (Å²) in [5.41, 5.74) is 0.177. The summed E-state index contributed by atoms with van der Waals surface area (Å²) < 4.78 is 32.3. The Morgan fingerprint density at radius 2 is 1.71 bits per heavy atom. The predicted octanol–water partition coefficient (Wildman–Crippen LogP) is 1.99. The van der Waals surface area contributed by atoms with Crippen LogP contribution in [0.3, 0.4) is 0 Å². The number of piperazine rings is 1. The largest absolute Gasteiger partial charge is 0.379 e. The standard InChI is InChI=1S/C19H22ClN5O5S/c20-16-2-1-5-21-19(16)23-8-6-22(7-9-23)17-4-3-15(14-18(17)25(26)27)31(28,29)24-10-12-30-13-11-24/h1-5,14H,6-13H2. The Kier molecular flexibility index (Phi) is 6.28. The summed E-state index contributed by atoms with van der Waals surface area (Å²) in [5, 5.41) is 12.3. The molecule has 0 N–H and O–H groups in total. The number of nitro benzene ring substituents is 1. The van der Waals surface area contributed by atoms with Crippen molar-refractivity contribution in [2.24, 2.45) is 0 Å². The van der Waals surface area contributed by atoms with Crippen LogP contribution in [0.4, 0.5) is 17.2 Å². The minimum absolute atomic E-state index is 0.0799. The van der Waals surface area contributed by atoms with Gasteiger partial charge in [0.2, 0.25) is 10.0 Å². The monoisotopic (exact) mass is 467 g/mol. The molecule has 2 saturated heterocycles. The van der Waals surface area contributed by atoms with E-state index in [0.29, 0.717) is 55.9 Å². The number of pyridine rings is 1. The molecule has 0 saturated carbocycles. The van der Waals surface area contributed by atoms with Crippen molar-refractivity contribution in [3.8, 4) is 0 Å². The summed E-state index contributed by atoms with van der Waals surface area (Å²) in [6.07, 6.45) is 1.67. The van der Waals surface area contributed by atoms with E-state index in [1.54, 1.807) is 18.3 Å². The summed E-state index contributed by atoms with van der Waals surface area (Å²) >= 11 is 6.23. The van der Waals surface area contributed by atoms with E-state index in [9.17, 15) is 18.5 Å². The number of aromatic nitrogens is 1. The molecule has 4 rings (SSSR count). The number of anilines is 2. The highest BCUT2D eigenvalue weighted by Gasteiger charge is 2.31. The SMILES string of the molecule is O=[N+]([O-])c1cc(S(=O)(=O)N2CCOCC2)ccc1N1CCN(c2ncccc2Cl)CC1. The van der Waals surface area contributed by atoms with E-state index in [0.717, 1.165) is 6.07 Å². The lowest BCUT2D eigenvalue weighted by molar-refractivity contribution is -0.384. The van der Waals surface area contributed by atoms with Gasteiger partial charge >= 0.3 is 0 Å². The Morgan fingerprint density at radius 1 is 1.03 bits per heavy atom. The highest BCUT2D eigenvalue weighted by atomic mass is 35.5. The van der Waals surface area contributed by atoms with Gasteiger partial charge in [-0.15, -0.1) is 0 Å². The van der Waals surface area contributed by atoms with Gasteiger partial charge in [-0.25, -0.2) is 13.4 Å². The Balaban J connectivity index is 1.55. The van der Waals surface area contributed by atoms with E-state index in [1.165, 1.54) is 16.4 Å². The molecule has 1 aromatic carbocycles. The van der Waals surface area contributed by atoms with Gasteiger partial charge < -0.3 is 14.5 Å². The lowest BCUT2D eigenvalue weighted by Crippen LogP contribution is -2.47. The molecule has 10 nitrogen and oxygen atoms in total. The van der Waals surface area contributed by atoms with Crippen LogP contribution in [0.2, 0.25) is 5.02 Å². The van der Waals surface area contributed by atoms with Crippen LogP contribution in [0.15, 0.2) is 41.4 Å². The molecule has 2 aliphatic rings. The molecule has 0 aliphatic carbocycles. The Morgan fingerprint density at radius 3 is 2.35 bits per heavy atom. The second kappa shape index (κ2) is 8.95. The van der Waals surface area contributed by atoms with Gasteiger partial charge in [0, 0.05) is 51.5 Å². The normalized spacial score (nSPS) is 18.2. The lowest BCUT2D eigenvalue weighted by Gasteiger charge is -2.36. The van der Waals surface area contributed by atoms with Crippen LogP contribution in [-0.4, -0.2) is 75.1 Å². The van der Waals surface area contributed by atoms with E-state index >= 15 is 0 Å². The zero-order chi connectivity index (χ0) is 22.0. The quantitative estimate of drug-likeness (QED) is 0.485. The molecule has 3 heterocycles.